The van der Waals surface area contributed by atoms with E-state index < -0.39 is 18.1 Å². The topological polar surface area (TPSA) is 90.6 Å². The van der Waals surface area contributed by atoms with E-state index in [1.165, 1.54) is 0 Å². The Morgan fingerprint density at radius 2 is 1.68 bits per heavy atom. The van der Waals surface area contributed by atoms with Crippen molar-refractivity contribution in [2.75, 3.05) is 12.3 Å². The van der Waals surface area contributed by atoms with E-state index in [0.717, 1.165) is 11.1 Å². The third kappa shape index (κ3) is 6.18. The lowest BCUT2D eigenvalue weighted by atomic mass is 10.1. The lowest BCUT2D eigenvalue weighted by Crippen LogP contribution is -2.43. The summed E-state index contributed by atoms with van der Waals surface area (Å²) in [6.07, 6.45) is -0.378. The number of nitrogens with one attached hydrogen (secondary N) is 1. The second-order valence-electron chi connectivity index (χ2n) is 5.46. The third-order valence-corrected chi connectivity index (χ3v) is 3.50. The van der Waals surface area contributed by atoms with E-state index in [1.54, 1.807) is 31.2 Å². The first kappa shape index (κ1) is 18.3. The zero-order chi connectivity index (χ0) is 18.1. The van der Waals surface area contributed by atoms with Crippen molar-refractivity contribution in [3.05, 3.63) is 65.7 Å². The molecule has 2 aromatic rings. The molecule has 0 aromatic heterocycles. The van der Waals surface area contributed by atoms with Crippen molar-refractivity contribution in [3.8, 4) is 0 Å². The predicted octanol–water partition coefficient (Wildman–Crippen LogP) is 2.67. The minimum Gasteiger partial charge on any atom is -0.464 e. The van der Waals surface area contributed by atoms with Gasteiger partial charge in [-0.25, -0.2) is 9.59 Å². The summed E-state index contributed by atoms with van der Waals surface area (Å²) in [5, 5.41) is 2.57. The molecule has 0 saturated carbocycles. The number of nitrogen functional groups attached to an aromatic ring is 1. The molecule has 3 N–H and O–H groups in total. The molecule has 6 nitrogen and oxygen atoms in total. The van der Waals surface area contributed by atoms with Gasteiger partial charge in [-0.3, -0.25) is 0 Å². The molecule has 0 saturated heterocycles. The first-order chi connectivity index (χ1) is 12.1. The first-order valence-corrected chi connectivity index (χ1v) is 8.06. The van der Waals surface area contributed by atoms with Gasteiger partial charge in [0.1, 0.15) is 12.6 Å². The number of ether oxygens (including phenoxy) is 2. The summed E-state index contributed by atoms with van der Waals surface area (Å²) in [5.41, 5.74) is 8.01. The van der Waals surface area contributed by atoms with Crippen molar-refractivity contribution in [3.63, 3.8) is 0 Å². The molecule has 2 aromatic carbocycles. The summed E-state index contributed by atoms with van der Waals surface area (Å²) in [7, 11) is 0. The number of amides is 1. The van der Waals surface area contributed by atoms with Gasteiger partial charge in [-0.1, -0.05) is 42.5 Å². The van der Waals surface area contributed by atoms with E-state index in [4.69, 9.17) is 15.2 Å². The Balaban J connectivity index is 1.96. The Kier molecular flexibility index (Phi) is 6.83. The highest BCUT2D eigenvalue weighted by Gasteiger charge is 2.23. The van der Waals surface area contributed by atoms with Crippen molar-refractivity contribution in [2.24, 2.45) is 0 Å². The first-order valence-electron chi connectivity index (χ1n) is 8.06. The van der Waals surface area contributed by atoms with Crippen LogP contribution >= 0.6 is 0 Å². The van der Waals surface area contributed by atoms with Crippen molar-refractivity contribution < 1.29 is 19.1 Å². The Labute approximate surface area is 146 Å². The SMILES string of the molecule is CCOC(=O)[C@H](Cc1ccc(N)cc1)NC(=O)OCc1ccccc1. The highest BCUT2D eigenvalue weighted by atomic mass is 16.6. The second-order valence-corrected chi connectivity index (χ2v) is 5.46. The van der Waals surface area contributed by atoms with E-state index >= 15 is 0 Å². The molecule has 0 spiro atoms. The van der Waals surface area contributed by atoms with Crippen LogP contribution in [-0.4, -0.2) is 24.7 Å². The molecular formula is C19H22N2O4. The fraction of sp³-hybridized carbons (Fsp3) is 0.263. The van der Waals surface area contributed by atoms with Gasteiger partial charge in [0.15, 0.2) is 0 Å². The molecule has 0 unspecified atom stereocenters. The van der Waals surface area contributed by atoms with Crippen molar-refractivity contribution >= 4 is 17.7 Å². The molecule has 25 heavy (non-hydrogen) atoms. The van der Waals surface area contributed by atoms with Gasteiger partial charge in [-0.05, 0) is 30.2 Å². The van der Waals surface area contributed by atoms with Crippen LogP contribution in [0.2, 0.25) is 0 Å². The zero-order valence-corrected chi connectivity index (χ0v) is 14.1. The summed E-state index contributed by atoms with van der Waals surface area (Å²) in [6.45, 7) is 2.08. The molecular weight excluding hydrogens is 320 g/mol. The maximum atomic E-state index is 12.1. The van der Waals surface area contributed by atoms with E-state index in [-0.39, 0.29) is 13.2 Å². The van der Waals surface area contributed by atoms with Crippen LogP contribution in [0, 0.1) is 0 Å². The number of esters is 1. The van der Waals surface area contributed by atoms with Crippen molar-refractivity contribution in [1.29, 1.82) is 0 Å². The zero-order valence-electron chi connectivity index (χ0n) is 14.1. The van der Waals surface area contributed by atoms with E-state index in [0.29, 0.717) is 12.1 Å². The van der Waals surface area contributed by atoms with E-state index in [9.17, 15) is 9.59 Å². The fourth-order valence-electron chi connectivity index (χ4n) is 2.23. The monoisotopic (exact) mass is 342 g/mol. The second kappa shape index (κ2) is 9.32. The number of anilines is 1. The molecule has 1 atom stereocenters. The van der Waals surface area contributed by atoms with Crippen LogP contribution in [0.4, 0.5) is 10.5 Å². The summed E-state index contributed by atoms with van der Waals surface area (Å²) < 4.78 is 10.2. The molecule has 0 heterocycles. The van der Waals surface area contributed by atoms with Gasteiger partial charge >= 0.3 is 12.1 Å². The smallest absolute Gasteiger partial charge is 0.408 e. The molecule has 0 bridgehead atoms. The standard InChI is InChI=1S/C19H22N2O4/c1-2-24-18(22)17(12-14-8-10-16(20)11-9-14)21-19(23)25-13-15-6-4-3-5-7-15/h3-11,17H,2,12-13,20H2,1H3,(H,21,23)/t17-/m0/s1. The number of benzene rings is 2. The molecule has 132 valence electrons. The number of hydrogen-bond donors (Lipinski definition) is 2. The van der Waals surface area contributed by atoms with Gasteiger partial charge in [0, 0.05) is 12.1 Å². The van der Waals surface area contributed by atoms with Gasteiger partial charge in [-0.2, -0.15) is 0 Å². The Morgan fingerprint density at radius 1 is 1.00 bits per heavy atom. The van der Waals surface area contributed by atoms with E-state index in [1.807, 2.05) is 30.3 Å². The van der Waals surface area contributed by atoms with Gasteiger partial charge in [-0.15, -0.1) is 0 Å². The van der Waals surface area contributed by atoms with Gasteiger partial charge in [0.25, 0.3) is 0 Å². The van der Waals surface area contributed by atoms with Crippen LogP contribution in [0.5, 0.6) is 0 Å². The minimum absolute atomic E-state index is 0.129. The fourth-order valence-corrected chi connectivity index (χ4v) is 2.23. The molecule has 0 fully saturated rings. The lowest BCUT2D eigenvalue weighted by Gasteiger charge is -2.17. The summed E-state index contributed by atoms with van der Waals surface area (Å²) in [6, 6.07) is 15.6. The summed E-state index contributed by atoms with van der Waals surface area (Å²) in [4.78, 5) is 24.1. The van der Waals surface area contributed by atoms with Gasteiger partial charge in [0.2, 0.25) is 0 Å². The molecule has 0 radical (unpaired) electrons. The average Bonchev–Trinajstić information content (AvgIpc) is 2.62. The summed E-state index contributed by atoms with van der Waals surface area (Å²) in [5.74, 6) is -0.504. The Bertz CT molecular complexity index is 686. The number of rotatable bonds is 7. The largest absolute Gasteiger partial charge is 0.464 e. The quantitative estimate of drug-likeness (QED) is 0.596. The van der Waals surface area contributed by atoms with Gasteiger partial charge in [0.05, 0.1) is 6.61 Å². The van der Waals surface area contributed by atoms with Crippen LogP contribution in [-0.2, 0) is 27.3 Å². The predicted molar refractivity (Wildman–Crippen MR) is 94.7 cm³/mol. The van der Waals surface area contributed by atoms with E-state index in [2.05, 4.69) is 5.32 Å². The normalized spacial score (nSPS) is 11.4. The Hall–Kier alpha value is -3.02. The molecule has 0 aliphatic rings. The maximum Gasteiger partial charge on any atom is 0.408 e. The molecule has 1 amide bonds. The highest BCUT2D eigenvalue weighted by Crippen LogP contribution is 2.09. The lowest BCUT2D eigenvalue weighted by molar-refractivity contribution is -0.145. The highest BCUT2D eigenvalue weighted by molar-refractivity contribution is 5.81. The summed E-state index contributed by atoms with van der Waals surface area (Å²) >= 11 is 0. The number of nitrogens with two attached hydrogens (primary N) is 1. The maximum absolute atomic E-state index is 12.1. The number of carbonyl (C=O) groups excluding carboxylic acids is 2. The number of hydrogen-bond acceptors (Lipinski definition) is 5. The molecule has 0 aliphatic carbocycles. The number of alkyl carbamates (subject to hydrolysis) is 1. The van der Waals surface area contributed by atoms with Crippen molar-refractivity contribution in [2.45, 2.75) is 26.0 Å². The molecule has 6 heteroatoms. The average molecular weight is 342 g/mol. The van der Waals surface area contributed by atoms with Crippen LogP contribution in [0.25, 0.3) is 0 Å². The molecule has 0 aliphatic heterocycles. The van der Waals surface area contributed by atoms with Crippen LogP contribution in [0.15, 0.2) is 54.6 Å². The molecule has 2 rings (SSSR count). The minimum atomic E-state index is -0.827. The van der Waals surface area contributed by atoms with Crippen LogP contribution < -0.4 is 11.1 Å². The third-order valence-electron chi connectivity index (χ3n) is 3.50. The van der Waals surface area contributed by atoms with Crippen molar-refractivity contribution in [1.82, 2.24) is 5.32 Å². The number of carbonyl (C=O) groups is 2. The Morgan fingerprint density at radius 3 is 2.32 bits per heavy atom. The van der Waals surface area contributed by atoms with Crippen LogP contribution in [0.3, 0.4) is 0 Å². The van der Waals surface area contributed by atoms with Gasteiger partial charge < -0.3 is 20.5 Å². The van der Waals surface area contributed by atoms with Crippen LogP contribution in [0.1, 0.15) is 18.1 Å².